The van der Waals surface area contributed by atoms with Gasteiger partial charge in [0.15, 0.2) is 0 Å². The summed E-state index contributed by atoms with van der Waals surface area (Å²) in [4.78, 5) is 14.0. The monoisotopic (exact) mass is 262 g/mol. The van der Waals surface area contributed by atoms with Crippen molar-refractivity contribution in [1.29, 1.82) is 0 Å². The topological polar surface area (TPSA) is 32.3 Å². The molecule has 0 spiro atoms. The first-order chi connectivity index (χ1) is 9.15. The summed E-state index contributed by atoms with van der Waals surface area (Å²) in [6.45, 7) is 8.89. The van der Waals surface area contributed by atoms with Gasteiger partial charge in [-0.1, -0.05) is 32.0 Å². The van der Waals surface area contributed by atoms with Gasteiger partial charge in [-0.05, 0) is 37.9 Å². The Hall–Kier alpha value is -1.35. The number of para-hydroxylation sites is 1. The summed E-state index contributed by atoms with van der Waals surface area (Å²) < 4.78 is 0. The Morgan fingerprint density at radius 1 is 1.21 bits per heavy atom. The van der Waals surface area contributed by atoms with Crippen molar-refractivity contribution < 1.29 is 4.79 Å². The summed E-state index contributed by atoms with van der Waals surface area (Å²) in [6.07, 6.45) is 1.71. The smallest absolute Gasteiger partial charge is 0.228 e. The number of hydrogen-bond donors (Lipinski definition) is 1. The largest absolute Gasteiger partial charge is 0.316 e. The fraction of sp³-hybridized carbons (Fsp3) is 0.562. The van der Waals surface area contributed by atoms with Crippen LogP contribution >= 0.6 is 0 Å². The minimum Gasteiger partial charge on any atom is -0.316 e. The lowest BCUT2D eigenvalue weighted by Crippen LogP contribution is -2.33. The molecule has 0 saturated carbocycles. The van der Waals surface area contributed by atoms with E-state index in [-0.39, 0.29) is 5.91 Å². The number of amides is 1. The normalized spacial score (nSPS) is 10.7. The molecule has 1 N–H and O–H groups in total. The Morgan fingerprint density at radius 2 is 1.89 bits per heavy atom. The minimum atomic E-state index is 0.186. The van der Waals surface area contributed by atoms with E-state index < -0.39 is 0 Å². The molecular weight excluding hydrogens is 236 g/mol. The van der Waals surface area contributed by atoms with Crippen LogP contribution in [0.3, 0.4) is 0 Å². The molecule has 1 aromatic carbocycles. The average molecular weight is 262 g/mol. The Kier molecular flexibility index (Phi) is 7.19. The number of carbonyl (C=O) groups is 1. The Morgan fingerprint density at radius 3 is 2.47 bits per heavy atom. The van der Waals surface area contributed by atoms with E-state index in [1.807, 2.05) is 42.2 Å². The van der Waals surface area contributed by atoms with Crippen LogP contribution in [-0.4, -0.2) is 25.5 Å². The molecule has 0 saturated heterocycles. The minimum absolute atomic E-state index is 0.186. The van der Waals surface area contributed by atoms with Gasteiger partial charge in [0.1, 0.15) is 0 Å². The van der Waals surface area contributed by atoms with E-state index in [0.717, 1.165) is 31.7 Å². The first kappa shape index (κ1) is 15.7. The summed E-state index contributed by atoms with van der Waals surface area (Å²) in [7, 11) is 0. The van der Waals surface area contributed by atoms with Crippen molar-refractivity contribution >= 4 is 11.6 Å². The van der Waals surface area contributed by atoms with Gasteiger partial charge in [0.25, 0.3) is 0 Å². The number of anilines is 1. The van der Waals surface area contributed by atoms with Crippen LogP contribution < -0.4 is 10.2 Å². The quantitative estimate of drug-likeness (QED) is 0.730. The molecule has 106 valence electrons. The van der Waals surface area contributed by atoms with Gasteiger partial charge in [0.2, 0.25) is 5.91 Å². The van der Waals surface area contributed by atoms with E-state index in [2.05, 4.69) is 19.2 Å². The fourth-order valence-corrected chi connectivity index (χ4v) is 1.96. The van der Waals surface area contributed by atoms with Crippen LogP contribution in [0.15, 0.2) is 30.3 Å². The zero-order valence-corrected chi connectivity index (χ0v) is 12.4. The standard InChI is InChI=1S/C16H26N2O/c1-4-18(15-8-6-5-7-9-15)16(19)11-13-17-12-10-14(2)3/h5-9,14,17H,4,10-13H2,1-3H3. The lowest BCUT2D eigenvalue weighted by Gasteiger charge is -2.21. The van der Waals surface area contributed by atoms with Gasteiger partial charge in [0.05, 0.1) is 0 Å². The van der Waals surface area contributed by atoms with E-state index in [0.29, 0.717) is 12.3 Å². The highest BCUT2D eigenvalue weighted by atomic mass is 16.2. The molecule has 0 aromatic heterocycles. The second kappa shape index (κ2) is 8.70. The van der Waals surface area contributed by atoms with Crippen LogP contribution in [0.2, 0.25) is 0 Å². The zero-order chi connectivity index (χ0) is 14.1. The van der Waals surface area contributed by atoms with Gasteiger partial charge >= 0.3 is 0 Å². The number of nitrogens with zero attached hydrogens (tertiary/aromatic N) is 1. The molecule has 0 atom stereocenters. The first-order valence-electron chi connectivity index (χ1n) is 7.21. The van der Waals surface area contributed by atoms with Crippen molar-refractivity contribution in [2.24, 2.45) is 5.92 Å². The molecule has 1 rings (SSSR count). The Labute approximate surface area is 117 Å². The van der Waals surface area contributed by atoms with Crippen LogP contribution in [0.4, 0.5) is 5.69 Å². The highest BCUT2D eigenvalue weighted by Gasteiger charge is 2.12. The highest BCUT2D eigenvalue weighted by Crippen LogP contribution is 2.13. The van der Waals surface area contributed by atoms with Gasteiger partial charge in [-0.15, -0.1) is 0 Å². The lowest BCUT2D eigenvalue weighted by atomic mass is 10.1. The van der Waals surface area contributed by atoms with E-state index in [9.17, 15) is 4.79 Å². The molecular formula is C16H26N2O. The maximum absolute atomic E-state index is 12.2. The van der Waals surface area contributed by atoms with Crippen LogP contribution in [0.1, 0.15) is 33.6 Å². The van der Waals surface area contributed by atoms with Gasteiger partial charge in [-0.2, -0.15) is 0 Å². The van der Waals surface area contributed by atoms with Gasteiger partial charge in [-0.25, -0.2) is 0 Å². The van der Waals surface area contributed by atoms with Crippen molar-refractivity contribution in [2.45, 2.75) is 33.6 Å². The third-order valence-electron chi connectivity index (χ3n) is 3.10. The predicted octanol–water partition coefficient (Wildman–Crippen LogP) is 3.07. The van der Waals surface area contributed by atoms with E-state index in [1.54, 1.807) is 0 Å². The van der Waals surface area contributed by atoms with Crippen molar-refractivity contribution in [3.8, 4) is 0 Å². The third-order valence-corrected chi connectivity index (χ3v) is 3.10. The van der Waals surface area contributed by atoms with Crippen LogP contribution in [0.5, 0.6) is 0 Å². The number of benzene rings is 1. The molecule has 1 amide bonds. The number of rotatable bonds is 8. The molecule has 0 bridgehead atoms. The molecule has 0 aliphatic heterocycles. The molecule has 3 heteroatoms. The number of hydrogen-bond acceptors (Lipinski definition) is 2. The number of nitrogens with one attached hydrogen (secondary N) is 1. The molecule has 0 aliphatic carbocycles. The van der Waals surface area contributed by atoms with Crippen molar-refractivity contribution in [3.05, 3.63) is 30.3 Å². The molecule has 0 radical (unpaired) electrons. The van der Waals surface area contributed by atoms with Gasteiger partial charge in [0, 0.05) is 25.2 Å². The fourth-order valence-electron chi connectivity index (χ4n) is 1.96. The molecule has 0 heterocycles. The van der Waals surface area contributed by atoms with Crippen molar-refractivity contribution in [3.63, 3.8) is 0 Å². The van der Waals surface area contributed by atoms with Gasteiger partial charge < -0.3 is 10.2 Å². The second-order valence-electron chi connectivity index (χ2n) is 5.16. The summed E-state index contributed by atoms with van der Waals surface area (Å²) in [6, 6.07) is 9.86. The van der Waals surface area contributed by atoms with Crippen LogP contribution in [0.25, 0.3) is 0 Å². The van der Waals surface area contributed by atoms with Crippen molar-refractivity contribution in [2.75, 3.05) is 24.5 Å². The molecule has 1 aromatic rings. The average Bonchev–Trinajstić information content (AvgIpc) is 2.40. The van der Waals surface area contributed by atoms with Crippen molar-refractivity contribution in [1.82, 2.24) is 5.32 Å². The molecule has 19 heavy (non-hydrogen) atoms. The zero-order valence-electron chi connectivity index (χ0n) is 12.4. The maximum atomic E-state index is 12.2. The third kappa shape index (κ3) is 5.88. The molecule has 0 fully saturated rings. The van der Waals surface area contributed by atoms with E-state index >= 15 is 0 Å². The van der Waals surface area contributed by atoms with E-state index in [4.69, 9.17) is 0 Å². The summed E-state index contributed by atoms with van der Waals surface area (Å²) in [5, 5.41) is 3.33. The Bertz CT molecular complexity index is 362. The van der Waals surface area contributed by atoms with Gasteiger partial charge in [-0.3, -0.25) is 4.79 Å². The first-order valence-corrected chi connectivity index (χ1v) is 7.21. The molecule has 3 nitrogen and oxygen atoms in total. The van der Waals surface area contributed by atoms with Crippen LogP contribution in [-0.2, 0) is 4.79 Å². The molecule has 0 unspecified atom stereocenters. The summed E-state index contributed by atoms with van der Waals surface area (Å²) in [5.41, 5.74) is 0.984. The SMILES string of the molecule is CCN(C(=O)CCNCCC(C)C)c1ccccc1. The summed E-state index contributed by atoms with van der Waals surface area (Å²) in [5.74, 6) is 0.894. The Balaban J connectivity index is 2.35. The molecule has 0 aliphatic rings. The lowest BCUT2D eigenvalue weighted by molar-refractivity contribution is -0.118. The highest BCUT2D eigenvalue weighted by molar-refractivity contribution is 5.93. The number of carbonyl (C=O) groups excluding carboxylic acids is 1. The van der Waals surface area contributed by atoms with E-state index in [1.165, 1.54) is 0 Å². The summed E-state index contributed by atoms with van der Waals surface area (Å²) >= 11 is 0. The van der Waals surface area contributed by atoms with Crippen LogP contribution in [0, 0.1) is 5.92 Å². The second-order valence-corrected chi connectivity index (χ2v) is 5.16. The maximum Gasteiger partial charge on any atom is 0.228 e. The predicted molar refractivity (Wildman–Crippen MR) is 81.4 cm³/mol.